The zero-order valence-corrected chi connectivity index (χ0v) is 11.1. The number of nitrogens with zero attached hydrogens (tertiary/aromatic N) is 3. The molecule has 0 bridgehead atoms. The van der Waals surface area contributed by atoms with Crippen LogP contribution in [0.2, 0.25) is 0 Å². The quantitative estimate of drug-likeness (QED) is 0.687. The van der Waals surface area contributed by atoms with E-state index in [1.54, 1.807) is 0 Å². The number of carbonyl (C=O) groups is 1. The van der Waals surface area contributed by atoms with Crippen molar-refractivity contribution in [2.24, 2.45) is 5.73 Å². The summed E-state index contributed by atoms with van der Waals surface area (Å²) in [6.07, 6.45) is 2.16. The Balaban J connectivity index is 3.08. The molecule has 0 saturated heterocycles. The number of primary amides is 1. The molecular formula is C9H17N5O3S. The van der Waals surface area contributed by atoms with E-state index in [2.05, 4.69) is 5.10 Å². The molecule has 0 saturated carbocycles. The number of hydrogen-bond donors (Lipinski definition) is 2. The van der Waals surface area contributed by atoms with E-state index in [9.17, 15) is 13.2 Å². The Morgan fingerprint density at radius 2 is 2.17 bits per heavy atom. The zero-order chi connectivity index (χ0) is 13.9. The van der Waals surface area contributed by atoms with Gasteiger partial charge in [-0.1, -0.05) is 6.92 Å². The van der Waals surface area contributed by atoms with Crippen LogP contribution in [0.4, 0.5) is 5.82 Å². The van der Waals surface area contributed by atoms with Gasteiger partial charge in [0.25, 0.3) is 0 Å². The molecule has 0 aliphatic rings. The largest absolute Gasteiger partial charge is 0.381 e. The maximum Gasteiger partial charge on any atom is 0.248 e. The summed E-state index contributed by atoms with van der Waals surface area (Å²) in [5, 5.41) is 3.90. The van der Waals surface area contributed by atoms with E-state index in [4.69, 9.17) is 11.5 Å². The number of rotatable bonds is 6. The third-order valence-electron chi connectivity index (χ3n) is 2.27. The molecule has 102 valence electrons. The predicted molar refractivity (Wildman–Crippen MR) is 65.9 cm³/mol. The molecule has 0 radical (unpaired) electrons. The van der Waals surface area contributed by atoms with Gasteiger partial charge in [-0.05, 0) is 6.42 Å². The number of amides is 1. The van der Waals surface area contributed by atoms with Crippen LogP contribution in [0.3, 0.4) is 0 Å². The maximum absolute atomic E-state index is 12.1. The fourth-order valence-electron chi connectivity index (χ4n) is 1.43. The lowest BCUT2D eigenvalue weighted by atomic mass is 10.5. The first-order chi connectivity index (χ1) is 8.28. The molecule has 1 rings (SSSR count). The molecule has 0 atom stereocenters. The highest BCUT2D eigenvalue weighted by Gasteiger charge is 2.26. The lowest BCUT2D eigenvalue weighted by molar-refractivity contribution is -0.118. The summed E-state index contributed by atoms with van der Waals surface area (Å²) in [6, 6.07) is 0. The summed E-state index contributed by atoms with van der Waals surface area (Å²) in [5.41, 5.74) is 10.5. The molecule has 0 aromatic carbocycles. The first kappa shape index (κ1) is 14.5. The highest BCUT2D eigenvalue weighted by molar-refractivity contribution is 7.89. The van der Waals surface area contributed by atoms with Crippen LogP contribution in [0.5, 0.6) is 0 Å². The molecule has 18 heavy (non-hydrogen) atoms. The number of aromatic nitrogens is 2. The van der Waals surface area contributed by atoms with Gasteiger partial charge in [0.05, 0.1) is 6.54 Å². The van der Waals surface area contributed by atoms with Crippen molar-refractivity contribution in [2.45, 2.75) is 24.8 Å². The smallest absolute Gasteiger partial charge is 0.248 e. The average molecular weight is 275 g/mol. The van der Waals surface area contributed by atoms with E-state index < -0.39 is 22.5 Å². The maximum atomic E-state index is 12.1. The Bertz CT molecular complexity index is 536. The minimum Gasteiger partial charge on any atom is -0.381 e. The number of carbonyl (C=O) groups excluding carboxylic acids is 1. The lowest BCUT2D eigenvalue weighted by Gasteiger charge is -2.13. The third-order valence-corrected chi connectivity index (χ3v) is 4.09. The normalized spacial score (nSPS) is 11.9. The van der Waals surface area contributed by atoms with Gasteiger partial charge < -0.3 is 11.5 Å². The van der Waals surface area contributed by atoms with Crippen molar-refractivity contribution in [2.75, 3.05) is 19.3 Å². The fraction of sp³-hybridized carbons (Fsp3) is 0.556. The molecule has 1 aromatic rings. The van der Waals surface area contributed by atoms with Gasteiger partial charge in [0.15, 0.2) is 5.82 Å². The highest BCUT2D eigenvalue weighted by atomic mass is 32.2. The van der Waals surface area contributed by atoms with Crippen molar-refractivity contribution in [3.63, 3.8) is 0 Å². The van der Waals surface area contributed by atoms with Gasteiger partial charge in [0.1, 0.15) is 4.90 Å². The van der Waals surface area contributed by atoms with Crippen LogP contribution in [0.1, 0.15) is 13.3 Å². The molecule has 4 N–H and O–H groups in total. The minimum absolute atomic E-state index is 0.0835. The standard InChI is InChI=1S/C9H17N5O3S/c1-3-4-14-5-7(9(11)12-14)18(16,17)13(2)6-8(10)15/h5H,3-4,6H2,1-2H3,(H2,10,15)(H2,11,12). The topological polar surface area (TPSA) is 124 Å². The molecule has 0 fully saturated rings. The van der Waals surface area contributed by atoms with Crippen LogP contribution < -0.4 is 11.5 Å². The first-order valence-electron chi connectivity index (χ1n) is 5.36. The number of sulfonamides is 1. The third kappa shape index (κ3) is 2.99. The molecular weight excluding hydrogens is 258 g/mol. The second-order valence-electron chi connectivity index (χ2n) is 3.87. The van der Waals surface area contributed by atoms with Crippen LogP contribution >= 0.6 is 0 Å². The second kappa shape index (κ2) is 5.36. The van der Waals surface area contributed by atoms with Gasteiger partial charge in [0, 0.05) is 19.8 Å². The summed E-state index contributed by atoms with van der Waals surface area (Å²) >= 11 is 0. The number of likely N-dealkylation sites (N-methyl/N-ethyl adjacent to an activating group) is 1. The fourth-order valence-corrected chi connectivity index (χ4v) is 2.63. The molecule has 1 aromatic heterocycles. The summed E-state index contributed by atoms with van der Waals surface area (Å²) in [5.74, 6) is -0.819. The molecule has 9 heteroatoms. The number of hydrogen-bond acceptors (Lipinski definition) is 5. The molecule has 1 amide bonds. The van der Waals surface area contributed by atoms with Crippen molar-refractivity contribution >= 4 is 21.7 Å². The van der Waals surface area contributed by atoms with Gasteiger partial charge in [-0.25, -0.2) is 8.42 Å². The van der Waals surface area contributed by atoms with E-state index in [0.717, 1.165) is 10.7 Å². The minimum atomic E-state index is -3.84. The number of nitrogens with two attached hydrogens (primary N) is 2. The van der Waals surface area contributed by atoms with Crippen LogP contribution in [0.15, 0.2) is 11.1 Å². The van der Waals surface area contributed by atoms with Crippen LogP contribution in [-0.4, -0.2) is 42.0 Å². The van der Waals surface area contributed by atoms with Gasteiger partial charge in [-0.2, -0.15) is 9.40 Å². The van der Waals surface area contributed by atoms with Crippen LogP contribution in [-0.2, 0) is 21.4 Å². The van der Waals surface area contributed by atoms with Gasteiger partial charge in [-0.3, -0.25) is 9.48 Å². The SMILES string of the molecule is CCCn1cc(S(=O)(=O)N(C)CC(N)=O)c(N)n1. The molecule has 8 nitrogen and oxygen atoms in total. The number of anilines is 1. The summed E-state index contributed by atoms with van der Waals surface area (Å²) in [6.45, 7) is 2.10. The zero-order valence-electron chi connectivity index (χ0n) is 10.3. The molecule has 0 aliphatic carbocycles. The lowest BCUT2D eigenvalue weighted by Crippen LogP contribution is -2.35. The van der Waals surface area contributed by atoms with E-state index in [1.807, 2.05) is 6.92 Å². The van der Waals surface area contributed by atoms with Crippen molar-refractivity contribution in [1.29, 1.82) is 0 Å². The Morgan fingerprint density at radius 3 is 2.67 bits per heavy atom. The predicted octanol–water partition coefficient (Wildman–Crippen LogP) is -1.02. The summed E-state index contributed by atoms with van der Waals surface area (Å²) < 4.78 is 26.5. The van der Waals surface area contributed by atoms with E-state index in [-0.39, 0.29) is 10.7 Å². The van der Waals surface area contributed by atoms with E-state index in [0.29, 0.717) is 6.54 Å². The van der Waals surface area contributed by atoms with Crippen LogP contribution in [0.25, 0.3) is 0 Å². The van der Waals surface area contributed by atoms with Crippen molar-refractivity contribution in [3.05, 3.63) is 6.20 Å². The summed E-state index contributed by atoms with van der Waals surface area (Å²) in [4.78, 5) is 10.6. The first-order valence-corrected chi connectivity index (χ1v) is 6.80. The summed E-state index contributed by atoms with van der Waals surface area (Å²) in [7, 11) is -2.58. The van der Waals surface area contributed by atoms with E-state index >= 15 is 0 Å². The Kier molecular flexibility index (Phi) is 4.30. The van der Waals surface area contributed by atoms with E-state index in [1.165, 1.54) is 17.9 Å². The van der Waals surface area contributed by atoms with Crippen LogP contribution in [0, 0.1) is 0 Å². The van der Waals surface area contributed by atoms with Gasteiger partial charge >= 0.3 is 0 Å². The molecule has 0 aliphatic heterocycles. The second-order valence-corrected chi connectivity index (χ2v) is 5.88. The monoisotopic (exact) mass is 275 g/mol. The Hall–Kier alpha value is -1.61. The van der Waals surface area contributed by atoms with Crippen molar-refractivity contribution in [1.82, 2.24) is 14.1 Å². The Labute approximate surface area is 106 Å². The Morgan fingerprint density at radius 1 is 1.56 bits per heavy atom. The highest BCUT2D eigenvalue weighted by Crippen LogP contribution is 2.20. The average Bonchev–Trinajstić information content (AvgIpc) is 2.59. The van der Waals surface area contributed by atoms with Crippen molar-refractivity contribution < 1.29 is 13.2 Å². The number of nitrogen functional groups attached to an aromatic ring is 1. The molecule has 0 unspecified atom stereocenters. The van der Waals surface area contributed by atoms with Gasteiger partial charge in [-0.15, -0.1) is 0 Å². The van der Waals surface area contributed by atoms with Crippen molar-refractivity contribution in [3.8, 4) is 0 Å². The van der Waals surface area contributed by atoms with Gasteiger partial charge in [0.2, 0.25) is 15.9 Å². The molecule has 0 spiro atoms. The molecule has 1 heterocycles. The number of aryl methyl sites for hydroxylation is 1.